The first-order valence-corrected chi connectivity index (χ1v) is 9.35. The maximum absolute atomic E-state index is 13.3. The van der Waals surface area contributed by atoms with Crippen LogP contribution in [0.3, 0.4) is 0 Å². The molecule has 0 aromatic heterocycles. The van der Waals surface area contributed by atoms with Crippen molar-refractivity contribution in [1.29, 1.82) is 0 Å². The molecule has 136 valence electrons. The summed E-state index contributed by atoms with van der Waals surface area (Å²) in [5, 5.41) is 6.24. The van der Waals surface area contributed by atoms with Crippen molar-refractivity contribution in [3.05, 3.63) is 35.4 Å². The molecule has 0 radical (unpaired) electrons. The predicted molar refractivity (Wildman–Crippen MR) is 96.6 cm³/mol. The summed E-state index contributed by atoms with van der Waals surface area (Å²) < 4.78 is 38.1. The fraction of sp³-hybridized carbons (Fsp3) is 0.588. The highest BCUT2D eigenvalue weighted by Gasteiger charge is 2.18. The number of rotatable bonds is 6. The van der Waals surface area contributed by atoms with Crippen LogP contribution >= 0.6 is 0 Å². The summed E-state index contributed by atoms with van der Waals surface area (Å²) in [5.74, 6) is -0.708. The van der Waals surface area contributed by atoms with Crippen LogP contribution in [0.5, 0.6) is 0 Å². The molecule has 0 aliphatic rings. The summed E-state index contributed by atoms with van der Waals surface area (Å²) in [6, 6.07) is 3.57. The minimum atomic E-state index is -0.966. The lowest BCUT2D eigenvalue weighted by molar-refractivity contribution is 0.504. The third kappa shape index (κ3) is 6.55. The highest BCUT2D eigenvalue weighted by Crippen LogP contribution is 2.16. The van der Waals surface area contributed by atoms with Gasteiger partial charge in [0.05, 0.1) is 12.6 Å². The van der Waals surface area contributed by atoms with Gasteiger partial charge in [-0.3, -0.25) is 9.20 Å². The van der Waals surface area contributed by atoms with Crippen LogP contribution in [0.1, 0.15) is 46.2 Å². The minimum Gasteiger partial charge on any atom is -0.357 e. The lowest BCUT2D eigenvalue weighted by Gasteiger charge is -2.19. The molecule has 2 N–H and O–H groups in total. The van der Waals surface area contributed by atoms with Crippen LogP contribution in [-0.2, 0) is 10.8 Å². The van der Waals surface area contributed by atoms with Crippen molar-refractivity contribution in [3.63, 3.8) is 0 Å². The van der Waals surface area contributed by atoms with Crippen LogP contribution in [0, 0.1) is 11.6 Å². The molecule has 0 amide bonds. The number of nitrogens with zero attached hydrogens (tertiary/aromatic N) is 1. The highest BCUT2D eigenvalue weighted by atomic mass is 32.2. The molecule has 0 aliphatic heterocycles. The fourth-order valence-electron chi connectivity index (χ4n) is 1.94. The lowest BCUT2D eigenvalue weighted by Crippen LogP contribution is -2.39. The molecule has 0 saturated heterocycles. The Balaban J connectivity index is 2.72. The second-order valence-electron chi connectivity index (χ2n) is 6.46. The molecule has 0 aliphatic carbocycles. The minimum absolute atomic E-state index is 0.244. The highest BCUT2D eigenvalue weighted by molar-refractivity contribution is 7.86. The fourth-order valence-corrected chi connectivity index (χ4v) is 2.81. The number of aliphatic imine (C=N–C) groups is 1. The zero-order valence-corrected chi connectivity index (χ0v) is 15.8. The first kappa shape index (κ1) is 20.5. The van der Waals surface area contributed by atoms with E-state index in [9.17, 15) is 13.0 Å². The standard InChI is InChI=1S/C17H27F2N3OS/c1-6-20-16(21-9-10-24(23)17(3,4)5)22-12(2)13-7-8-14(18)15(19)11-13/h7-8,11-12H,6,9-10H2,1-5H3,(H2,20,21,22). The predicted octanol–water partition coefficient (Wildman–Crippen LogP) is 3.13. The van der Waals surface area contributed by atoms with Gasteiger partial charge in [0.25, 0.3) is 0 Å². The zero-order valence-electron chi connectivity index (χ0n) is 15.0. The molecule has 4 nitrogen and oxygen atoms in total. The molecule has 7 heteroatoms. The van der Waals surface area contributed by atoms with Gasteiger partial charge in [-0.2, -0.15) is 0 Å². The van der Waals surface area contributed by atoms with Gasteiger partial charge in [-0.25, -0.2) is 8.78 Å². The molecule has 0 saturated carbocycles. The van der Waals surface area contributed by atoms with Gasteiger partial charge in [-0.15, -0.1) is 0 Å². The number of halogens is 2. The molecule has 1 rings (SSSR count). The maximum atomic E-state index is 13.3. The first-order valence-electron chi connectivity index (χ1n) is 8.03. The SMILES string of the molecule is CCNC(=NCCS(=O)C(C)(C)C)NC(C)c1ccc(F)c(F)c1. The van der Waals surface area contributed by atoms with Gasteiger partial charge in [0.2, 0.25) is 0 Å². The van der Waals surface area contributed by atoms with Crippen LogP contribution in [-0.4, -0.2) is 33.8 Å². The zero-order chi connectivity index (χ0) is 18.3. The van der Waals surface area contributed by atoms with Crippen molar-refractivity contribution in [2.75, 3.05) is 18.8 Å². The lowest BCUT2D eigenvalue weighted by atomic mass is 10.1. The normalized spacial score (nSPS) is 15.0. The van der Waals surface area contributed by atoms with E-state index in [1.165, 1.54) is 12.1 Å². The topological polar surface area (TPSA) is 53.5 Å². The van der Waals surface area contributed by atoms with Gasteiger partial charge in [-0.05, 0) is 52.3 Å². The first-order chi connectivity index (χ1) is 11.1. The number of hydrogen-bond donors (Lipinski definition) is 2. The van der Waals surface area contributed by atoms with Gasteiger partial charge in [0.1, 0.15) is 0 Å². The molecule has 0 spiro atoms. The van der Waals surface area contributed by atoms with Crippen LogP contribution in [0.15, 0.2) is 23.2 Å². The summed E-state index contributed by atoms with van der Waals surface area (Å²) in [6.45, 7) is 10.7. The molecule has 2 atom stereocenters. The second-order valence-corrected chi connectivity index (χ2v) is 8.79. The third-order valence-corrected chi connectivity index (χ3v) is 5.29. The number of nitrogens with one attached hydrogen (secondary N) is 2. The number of benzene rings is 1. The Morgan fingerprint density at radius 1 is 1.29 bits per heavy atom. The summed E-state index contributed by atoms with van der Waals surface area (Å²) in [6.07, 6.45) is 0. The van der Waals surface area contributed by atoms with Crippen molar-refractivity contribution in [2.45, 2.75) is 45.4 Å². The number of guanidine groups is 1. The van der Waals surface area contributed by atoms with Crippen LogP contribution < -0.4 is 10.6 Å². The van der Waals surface area contributed by atoms with Crippen LogP contribution in [0.25, 0.3) is 0 Å². The molecule has 2 unspecified atom stereocenters. The van der Waals surface area contributed by atoms with Gasteiger partial charge in [0.15, 0.2) is 17.6 Å². The van der Waals surface area contributed by atoms with Crippen LogP contribution in [0.4, 0.5) is 8.78 Å². The van der Waals surface area contributed by atoms with E-state index in [0.29, 0.717) is 30.4 Å². The average Bonchev–Trinajstić information content (AvgIpc) is 2.49. The molecule has 1 aromatic carbocycles. The number of hydrogen-bond acceptors (Lipinski definition) is 2. The Morgan fingerprint density at radius 2 is 1.96 bits per heavy atom. The van der Waals surface area contributed by atoms with Crippen molar-refractivity contribution >= 4 is 16.8 Å². The van der Waals surface area contributed by atoms with Crippen molar-refractivity contribution in [2.24, 2.45) is 4.99 Å². The Labute approximate surface area is 145 Å². The largest absolute Gasteiger partial charge is 0.357 e. The van der Waals surface area contributed by atoms with Gasteiger partial charge >= 0.3 is 0 Å². The average molecular weight is 359 g/mol. The Hall–Kier alpha value is -1.50. The maximum Gasteiger partial charge on any atom is 0.191 e. The molecular formula is C17H27F2N3OS. The van der Waals surface area contributed by atoms with E-state index >= 15 is 0 Å². The molecule has 1 aromatic rings. The van der Waals surface area contributed by atoms with E-state index < -0.39 is 22.4 Å². The van der Waals surface area contributed by atoms with E-state index in [1.807, 2.05) is 34.6 Å². The smallest absolute Gasteiger partial charge is 0.191 e. The summed E-state index contributed by atoms with van der Waals surface area (Å²) in [4.78, 5) is 4.41. The van der Waals surface area contributed by atoms with Crippen LogP contribution in [0.2, 0.25) is 0 Å². The van der Waals surface area contributed by atoms with Crippen molar-refractivity contribution < 1.29 is 13.0 Å². The molecular weight excluding hydrogens is 332 g/mol. The third-order valence-electron chi connectivity index (χ3n) is 3.37. The molecule has 0 bridgehead atoms. The Kier molecular flexibility index (Phi) is 7.79. The van der Waals surface area contributed by atoms with E-state index in [2.05, 4.69) is 15.6 Å². The summed E-state index contributed by atoms with van der Waals surface area (Å²) >= 11 is 0. The van der Waals surface area contributed by atoms with E-state index in [0.717, 1.165) is 6.07 Å². The summed E-state index contributed by atoms with van der Waals surface area (Å²) in [5.41, 5.74) is 0.623. The Morgan fingerprint density at radius 3 is 2.50 bits per heavy atom. The molecule has 24 heavy (non-hydrogen) atoms. The van der Waals surface area contributed by atoms with Crippen molar-refractivity contribution in [3.8, 4) is 0 Å². The molecule has 0 heterocycles. The molecule has 0 fully saturated rings. The van der Waals surface area contributed by atoms with E-state index in [1.54, 1.807) is 0 Å². The monoisotopic (exact) mass is 359 g/mol. The van der Waals surface area contributed by atoms with E-state index in [4.69, 9.17) is 0 Å². The van der Waals surface area contributed by atoms with Crippen molar-refractivity contribution in [1.82, 2.24) is 10.6 Å². The Bertz CT molecular complexity index is 600. The van der Waals surface area contributed by atoms with Gasteiger partial charge in [0, 0.05) is 27.8 Å². The second kappa shape index (κ2) is 9.11. The summed E-state index contributed by atoms with van der Waals surface area (Å²) in [7, 11) is -0.966. The van der Waals surface area contributed by atoms with E-state index in [-0.39, 0.29) is 10.8 Å². The quantitative estimate of drug-likeness (QED) is 0.606. The van der Waals surface area contributed by atoms with Gasteiger partial charge < -0.3 is 10.6 Å². The van der Waals surface area contributed by atoms with Gasteiger partial charge in [-0.1, -0.05) is 6.07 Å².